The summed E-state index contributed by atoms with van der Waals surface area (Å²) in [5.74, 6) is -1.05. The lowest BCUT2D eigenvalue weighted by molar-refractivity contribution is -0.120. The summed E-state index contributed by atoms with van der Waals surface area (Å²) in [4.78, 5) is 51.8. The number of hydrogen-bond acceptors (Lipinski definition) is 7. The first kappa shape index (κ1) is 18.6. The SMILES string of the molecule is Cc1c(C(=O)OCC(C)C)sc2ncn(CC(=O)NC(N)=O)c(=O)c12. The van der Waals surface area contributed by atoms with E-state index in [0.717, 1.165) is 15.9 Å². The number of thiophene rings is 1. The van der Waals surface area contributed by atoms with Crippen molar-refractivity contribution in [2.24, 2.45) is 11.7 Å². The van der Waals surface area contributed by atoms with Crippen molar-refractivity contribution < 1.29 is 19.1 Å². The van der Waals surface area contributed by atoms with Crippen LogP contribution in [-0.2, 0) is 16.1 Å². The van der Waals surface area contributed by atoms with Gasteiger partial charge in [0.1, 0.15) is 16.3 Å². The molecule has 0 aliphatic rings. The Hall–Kier alpha value is -2.75. The molecule has 2 aromatic heterocycles. The number of nitrogens with zero attached hydrogens (tertiary/aromatic N) is 2. The number of hydrogen-bond donors (Lipinski definition) is 2. The number of nitrogens with one attached hydrogen (secondary N) is 1. The molecule has 3 amide bonds. The van der Waals surface area contributed by atoms with Gasteiger partial charge < -0.3 is 10.5 Å². The van der Waals surface area contributed by atoms with Gasteiger partial charge in [0.05, 0.1) is 18.3 Å². The monoisotopic (exact) mass is 366 g/mol. The molecular weight excluding hydrogens is 348 g/mol. The summed E-state index contributed by atoms with van der Waals surface area (Å²) < 4.78 is 6.24. The summed E-state index contributed by atoms with van der Waals surface area (Å²) in [6.45, 7) is 5.33. The molecule has 2 aromatic rings. The van der Waals surface area contributed by atoms with Crippen molar-refractivity contribution in [3.63, 3.8) is 0 Å². The molecule has 0 aromatic carbocycles. The predicted octanol–water partition coefficient (Wildman–Crippen LogP) is 0.774. The van der Waals surface area contributed by atoms with E-state index in [1.54, 1.807) is 6.92 Å². The molecule has 0 spiro atoms. The Morgan fingerprint density at radius 2 is 2.08 bits per heavy atom. The molecule has 0 radical (unpaired) electrons. The number of imide groups is 1. The molecule has 0 fully saturated rings. The minimum atomic E-state index is -1.01. The summed E-state index contributed by atoms with van der Waals surface area (Å²) >= 11 is 1.06. The maximum absolute atomic E-state index is 12.6. The van der Waals surface area contributed by atoms with Gasteiger partial charge in [-0.25, -0.2) is 14.6 Å². The van der Waals surface area contributed by atoms with E-state index in [2.05, 4.69) is 4.98 Å². The quantitative estimate of drug-likeness (QED) is 0.751. The summed E-state index contributed by atoms with van der Waals surface area (Å²) in [5, 5.41) is 2.12. The van der Waals surface area contributed by atoms with Crippen molar-refractivity contribution in [2.45, 2.75) is 27.3 Å². The van der Waals surface area contributed by atoms with E-state index >= 15 is 0 Å². The summed E-state index contributed by atoms with van der Waals surface area (Å²) in [5.41, 5.74) is 4.83. The molecule has 9 nitrogen and oxygen atoms in total. The molecule has 0 aliphatic carbocycles. The average Bonchev–Trinajstić information content (AvgIpc) is 2.84. The van der Waals surface area contributed by atoms with Gasteiger partial charge in [-0.15, -0.1) is 11.3 Å². The number of amides is 3. The lowest BCUT2D eigenvalue weighted by Crippen LogP contribution is -2.39. The Morgan fingerprint density at radius 3 is 2.68 bits per heavy atom. The molecule has 0 unspecified atom stereocenters. The number of carbonyl (C=O) groups excluding carboxylic acids is 3. The van der Waals surface area contributed by atoms with E-state index in [0.29, 0.717) is 15.3 Å². The van der Waals surface area contributed by atoms with Crippen LogP contribution >= 0.6 is 11.3 Å². The number of rotatable bonds is 5. The van der Waals surface area contributed by atoms with E-state index in [1.807, 2.05) is 19.2 Å². The fourth-order valence-corrected chi connectivity index (χ4v) is 3.14. The number of urea groups is 1. The van der Waals surface area contributed by atoms with Gasteiger partial charge >= 0.3 is 12.0 Å². The number of nitrogens with two attached hydrogens (primary N) is 1. The molecule has 3 N–H and O–H groups in total. The van der Waals surface area contributed by atoms with Crippen molar-refractivity contribution in [1.82, 2.24) is 14.9 Å². The van der Waals surface area contributed by atoms with Crippen LogP contribution in [0, 0.1) is 12.8 Å². The topological polar surface area (TPSA) is 133 Å². The molecule has 0 saturated heterocycles. The Labute approximate surface area is 146 Å². The van der Waals surface area contributed by atoms with E-state index in [4.69, 9.17) is 10.5 Å². The summed E-state index contributed by atoms with van der Waals surface area (Å²) in [6, 6.07) is -1.01. The van der Waals surface area contributed by atoms with E-state index in [1.165, 1.54) is 6.33 Å². The second kappa shape index (κ2) is 7.43. The molecule has 2 rings (SSSR count). The third-order valence-corrected chi connectivity index (χ3v) is 4.41. The molecular formula is C15H18N4O5S. The van der Waals surface area contributed by atoms with Gasteiger partial charge in [-0.1, -0.05) is 13.8 Å². The normalized spacial score (nSPS) is 10.9. The number of esters is 1. The van der Waals surface area contributed by atoms with Crippen molar-refractivity contribution in [1.29, 1.82) is 0 Å². The molecule has 0 aliphatic heterocycles. The van der Waals surface area contributed by atoms with E-state index < -0.39 is 30.0 Å². The molecule has 0 bridgehead atoms. The zero-order valence-corrected chi connectivity index (χ0v) is 14.8. The number of primary amides is 1. The maximum atomic E-state index is 12.6. The van der Waals surface area contributed by atoms with Crippen LogP contribution in [0.5, 0.6) is 0 Å². The van der Waals surface area contributed by atoms with Gasteiger partial charge in [0.2, 0.25) is 5.91 Å². The van der Waals surface area contributed by atoms with Crippen molar-refractivity contribution in [3.8, 4) is 0 Å². The van der Waals surface area contributed by atoms with Gasteiger partial charge in [-0.2, -0.15) is 0 Å². The fourth-order valence-electron chi connectivity index (χ4n) is 2.11. The van der Waals surface area contributed by atoms with Gasteiger partial charge in [0, 0.05) is 0 Å². The highest BCUT2D eigenvalue weighted by Gasteiger charge is 2.21. The van der Waals surface area contributed by atoms with Crippen molar-refractivity contribution in [3.05, 3.63) is 27.1 Å². The largest absolute Gasteiger partial charge is 0.461 e. The molecule has 10 heteroatoms. The standard InChI is InChI=1S/C15H18N4O5S/c1-7(2)5-24-14(22)11-8(3)10-12(25-11)17-6-19(13(10)21)4-9(20)18-15(16)23/h6-7H,4-5H2,1-3H3,(H3,16,18,20,23). The molecule has 2 heterocycles. The Bertz CT molecular complexity index is 899. The zero-order chi connectivity index (χ0) is 18.7. The van der Waals surface area contributed by atoms with Gasteiger partial charge in [-0.3, -0.25) is 19.5 Å². The van der Waals surface area contributed by atoms with Crippen LogP contribution in [0.3, 0.4) is 0 Å². The van der Waals surface area contributed by atoms with Crippen LogP contribution in [0.15, 0.2) is 11.1 Å². The highest BCUT2D eigenvalue weighted by molar-refractivity contribution is 7.20. The minimum Gasteiger partial charge on any atom is -0.461 e. The van der Waals surface area contributed by atoms with Gasteiger partial charge in [0.15, 0.2) is 0 Å². The smallest absolute Gasteiger partial charge is 0.348 e. The number of fused-ring (bicyclic) bond motifs is 1. The zero-order valence-electron chi connectivity index (χ0n) is 14.0. The summed E-state index contributed by atoms with van der Waals surface area (Å²) in [7, 11) is 0. The van der Waals surface area contributed by atoms with E-state index in [9.17, 15) is 19.2 Å². The Balaban J connectivity index is 2.36. The van der Waals surface area contributed by atoms with Gasteiger partial charge in [-0.05, 0) is 18.4 Å². The lowest BCUT2D eigenvalue weighted by atomic mass is 10.2. The number of ether oxygens (including phenoxy) is 1. The van der Waals surface area contributed by atoms with Crippen molar-refractivity contribution in [2.75, 3.05) is 6.61 Å². The van der Waals surface area contributed by atoms with Crippen LogP contribution in [0.2, 0.25) is 0 Å². The molecule has 134 valence electrons. The van der Waals surface area contributed by atoms with Crippen molar-refractivity contribution >= 4 is 39.5 Å². The predicted molar refractivity (Wildman–Crippen MR) is 91.5 cm³/mol. The molecule has 25 heavy (non-hydrogen) atoms. The molecule has 0 atom stereocenters. The molecule has 0 saturated carbocycles. The second-order valence-corrected chi connectivity index (χ2v) is 6.82. The first-order valence-electron chi connectivity index (χ1n) is 7.45. The Morgan fingerprint density at radius 1 is 1.40 bits per heavy atom. The van der Waals surface area contributed by atoms with Crippen LogP contribution in [-0.4, -0.2) is 34.1 Å². The average molecular weight is 366 g/mol. The third kappa shape index (κ3) is 4.21. The van der Waals surface area contributed by atoms with Gasteiger partial charge in [0.25, 0.3) is 5.56 Å². The highest BCUT2D eigenvalue weighted by atomic mass is 32.1. The lowest BCUT2D eigenvalue weighted by Gasteiger charge is -2.06. The maximum Gasteiger partial charge on any atom is 0.348 e. The first-order valence-corrected chi connectivity index (χ1v) is 8.27. The highest BCUT2D eigenvalue weighted by Crippen LogP contribution is 2.27. The van der Waals surface area contributed by atoms with E-state index in [-0.39, 0.29) is 17.9 Å². The fraction of sp³-hybridized carbons (Fsp3) is 0.400. The van der Waals surface area contributed by atoms with Crippen LogP contribution in [0.4, 0.5) is 4.79 Å². The van der Waals surface area contributed by atoms with Crippen LogP contribution in [0.25, 0.3) is 10.2 Å². The minimum absolute atomic E-state index is 0.192. The summed E-state index contributed by atoms with van der Waals surface area (Å²) in [6.07, 6.45) is 1.18. The Kier molecular flexibility index (Phi) is 5.52. The van der Waals surface area contributed by atoms with Crippen LogP contribution in [0.1, 0.15) is 29.1 Å². The first-order chi connectivity index (χ1) is 11.7. The number of aromatic nitrogens is 2. The number of aryl methyl sites for hydroxylation is 1. The third-order valence-electron chi connectivity index (χ3n) is 3.23. The second-order valence-electron chi connectivity index (χ2n) is 5.82. The van der Waals surface area contributed by atoms with Crippen LogP contribution < -0.4 is 16.6 Å². The number of carbonyl (C=O) groups is 3.